The van der Waals surface area contributed by atoms with Gasteiger partial charge in [0.25, 0.3) is 0 Å². The summed E-state index contributed by atoms with van der Waals surface area (Å²) in [6.07, 6.45) is 0.300. The van der Waals surface area contributed by atoms with Gasteiger partial charge in [-0.25, -0.2) is 9.97 Å². The normalized spacial score (nSPS) is 11.3. The molecule has 0 atom stereocenters. The minimum Gasteiger partial charge on any atom is -0.357 e. The Balaban J connectivity index is 1.88. The number of nitrogens with zero attached hydrogens (tertiary/aromatic N) is 4. The zero-order valence-electron chi connectivity index (χ0n) is 15.7. The summed E-state index contributed by atoms with van der Waals surface area (Å²) < 4.78 is 0. The third-order valence-corrected chi connectivity index (χ3v) is 4.34. The fraction of sp³-hybridized carbons (Fsp3) is 0.444. The lowest BCUT2D eigenvalue weighted by Crippen LogP contribution is -2.38. The smallest absolute Gasteiger partial charge is 0.227 e. The predicted molar refractivity (Wildman–Crippen MR) is 107 cm³/mol. The van der Waals surface area contributed by atoms with Crippen LogP contribution in [0.5, 0.6) is 0 Å². The molecule has 1 amide bonds. The number of amides is 1. The SMILES string of the molecule is CCNC(=NCCC(=O)Nc1cccc(C)n1)N(C)Cc1csc(C)n1. The fourth-order valence-electron chi connectivity index (χ4n) is 2.35. The van der Waals surface area contributed by atoms with Gasteiger partial charge in [-0.2, -0.15) is 0 Å². The van der Waals surface area contributed by atoms with Crippen molar-refractivity contribution in [1.29, 1.82) is 0 Å². The zero-order valence-corrected chi connectivity index (χ0v) is 16.6. The molecule has 140 valence electrons. The van der Waals surface area contributed by atoms with Crippen LogP contribution in [0.3, 0.4) is 0 Å². The average Bonchev–Trinajstić information content (AvgIpc) is 2.99. The molecule has 0 saturated heterocycles. The molecule has 2 aromatic rings. The highest BCUT2D eigenvalue weighted by Crippen LogP contribution is 2.10. The topological polar surface area (TPSA) is 82.5 Å². The lowest BCUT2D eigenvalue weighted by atomic mass is 10.3. The van der Waals surface area contributed by atoms with Crippen LogP contribution in [0.2, 0.25) is 0 Å². The molecule has 0 aliphatic heterocycles. The molecular formula is C18H26N6OS. The first-order valence-corrected chi connectivity index (χ1v) is 9.50. The van der Waals surface area contributed by atoms with Crippen LogP contribution in [0.15, 0.2) is 28.6 Å². The zero-order chi connectivity index (χ0) is 18.9. The van der Waals surface area contributed by atoms with E-state index in [0.717, 1.165) is 28.9 Å². The Morgan fingerprint density at radius 2 is 2.12 bits per heavy atom. The summed E-state index contributed by atoms with van der Waals surface area (Å²) in [5, 5.41) is 9.15. The number of aliphatic imine (C=N–C) groups is 1. The average molecular weight is 375 g/mol. The molecule has 0 saturated carbocycles. The summed E-state index contributed by atoms with van der Waals surface area (Å²) in [4.78, 5) is 27.4. The van der Waals surface area contributed by atoms with Gasteiger partial charge in [-0.05, 0) is 32.9 Å². The summed E-state index contributed by atoms with van der Waals surface area (Å²) in [7, 11) is 1.97. The molecule has 0 fully saturated rings. The van der Waals surface area contributed by atoms with Gasteiger partial charge in [0.1, 0.15) is 5.82 Å². The van der Waals surface area contributed by atoms with Gasteiger partial charge in [-0.15, -0.1) is 11.3 Å². The first kappa shape index (κ1) is 19.8. The summed E-state index contributed by atoms with van der Waals surface area (Å²) in [5.41, 5.74) is 1.89. The van der Waals surface area contributed by atoms with Crippen LogP contribution < -0.4 is 10.6 Å². The maximum atomic E-state index is 12.1. The number of hydrogen-bond acceptors (Lipinski definition) is 5. The number of anilines is 1. The van der Waals surface area contributed by atoms with Gasteiger partial charge in [0.2, 0.25) is 5.91 Å². The molecule has 8 heteroatoms. The number of hydrogen-bond donors (Lipinski definition) is 2. The molecule has 2 N–H and O–H groups in total. The maximum absolute atomic E-state index is 12.1. The highest BCUT2D eigenvalue weighted by Gasteiger charge is 2.09. The van der Waals surface area contributed by atoms with Crippen LogP contribution in [0.25, 0.3) is 0 Å². The molecule has 0 spiro atoms. The molecular weight excluding hydrogens is 348 g/mol. The van der Waals surface area contributed by atoms with Crippen molar-refractivity contribution >= 4 is 29.0 Å². The van der Waals surface area contributed by atoms with Crippen LogP contribution in [0.1, 0.15) is 29.7 Å². The largest absolute Gasteiger partial charge is 0.357 e. The number of carbonyl (C=O) groups is 1. The quantitative estimate of drug-likeness (QED) is 0.575. The van der Waals surface area contributed by atoms with Crippen molar-refractivity contribution in [2.45, 2.75) is 33.7 Å². The minimum atomic E-state index is -0.0968. The number of nitrogens with one attached hydrogen (secondary N) is 2. The van der Waals surface area contributed by atoms with Crippen molar-refractivity contribution in [2.75, 3.05) is 25.5 Å². The van der Waals surface area contributed by atoms with Gasteiger partial charge in [-0.1, -0.05) is 6.07 Å². The molecule has 2 aromatic heterocycles. The second-order valence-electron chi connectivity index (χ2n) is 5.91. The molecule has 26 heavy (non-hydrogen) atoms. The van der Waals surface area contributed by atoms with Gasteiger partial charge < -0.3 is 15.5 Å². The molecule has 0 radical (unpaired) electrons. The molecule has 2 heterocycles. The summed E-state index contributed by atoms with van der Waals surface area (Å²) in [6.45, 7) is 7.75. The van der Waals surface area contributed by atoms with Crippen molar-refractivity contribution < 1.29 is 4.79 Å². The van der Waals surface area contributed by atoms with Gasteiger partial charge >= 0.3 is 0 Å². The Morgan fingerprint density at radius 3 is 2.77 bits per heavy atom. The highest BCUT2D eigenvalue weighted by molar-refractivity contribution is 7.09. The van der Waals surface area contributed by atoms with Crippen LogP contribution in [-0.4, -0.2) is 46.9 Å². The van der Waals surface area contributed by atoms with Crippen molar-refractivity contribution in [3.8, 4) is 0 Å². The molecule has 0 aliphatic rings. The Morgan fingerprint density at radius 1 is 1.31 bits per heavy atom. The summed E-state index contributed by atoms with van der Waals surface area (Å²) >= 11 is 1.64. The first-order chi connectivity index (χ1) is 12.5. The second-order valence-corrected chi connectivity index (χ2v) is 6.97. The Hall–Kier alpha value is -2.48. The number of thiazole rings is 1. The number of rotatable bonds is 7. The fourth-order valence-corrected chi connectivity index (χ4v) is 2.95. The van der Waals surface area contributed by atoms with E-state index in [1.54, 1.807) is 17.4 Å². The van der Waals surface area contributed by atoms with E-state index in [0.29, 0.717) is 25.3 Å². The molecule has 0 bridgehead atoms. The monoisotopic (exact) mass is 374 g/mol. The number of carbonyl (C=O) groups excluding carboxylic acids is 1. The number of aryl methyl sites for hydroxylation is 2. The van der Waals surface area contributed by atoms with E-state index in [1.165, 1.54) is 0 Å². The van der Waals surface area contributed by atoms with Gasteiger partial charge in [-0.3, -0.25) is 9.79 Å². The Kier molecular flexibility index (Phi) is 7.53. The van der Waals surface area contributed by atoms with Crippen LogP contribution >= 0.6 is 11.3 Å². The predicted octanol–water partition coefficient (Wildman–Crippen LogP) is 2.58. The maximum Gasteiger partial charge on any atom is 0.227 e. The standard InChI is InChI=1S/C18H26N6OS/c1-5-19-18(24(4)11-15-12-26-14(3)22-15)20-10-9-17(25)23-16-8-6-7-13(2)21-16/h6-8,12H,5,9-11H2,1-4H3,(H,19,20)(H,21,23,25). The van der Waals surface area contributed by atoms with E-state index >= 15 is 0 Å². The summed E-state index contributed by atoms with van der Waals surface area (Å²) in [5.74, 6) is 1.24. The highest BCUT2D eigenvalue weighted by atomic mass is 32.1. The summed E-state index contributed by atoms with van der Waals surface area (Å²) in [6, 6.07) is 5.54. The van der Waals surface area contributed by atoms with E-state index in [9.17, 15) is 4.79 Å². The van der Waals surface area contributed by atoms with Crippen LogP contribution in [0.4, 0.5) is 5.82 Å². The van der Waals surface area contributed by atoms with E-state index in [1.807, 2.05) is 44.9 Å². The third kappa shape index (κ3) is 6.44. The van der Waals surface area contributed by atoms with Crippen LogP contribution in [-0.2, 0) is 11.3 Å². The molecule has 2 rings (SSSR count). The van der Waals surface area contributed by atoms with E-state index < -0.39 is 0 Å². The van der Waals surface area contributed by atoms with E-state index in [-0.39, 0.29) is 5.91 Å². The number of pyridine rings is 1. The second kappa shape index (κ2) is 9.86. The third-order valence-electron chi connectivity index (χ3n) is 3.52. The van der Waals surface area contributed by atoms with Gasteiger partial charge in [0, 0.05) is 31.1 Å². The van der Waals surface area contributed by atoms with Gasteiger partial charge in [0.05, 0.1) is 23.8 Å². The Labute approximate surface area is 158 Å². The Bertz CT molecular complexity index is 758. The molecule has 0 aromatic carbocycles. The van der Waals surface area contributed by atoms with Crippen molar-refractivity contribution in [2.24, 2.45) is 4.99 Å². The molecule has 7 nitrogen and oxygen atoms in total. The van der Waals surface area contributed by atoms with Crippen molar-refractivity contribution in [1.82, 2.24) is 20.2 Å². The van der Waals surface area contributed by atoms with Gasteiger partial charge in [0.15, 0.2) is 5.96 Å². The lowest BCUT2D eigenvalue weighted by Gasteiger charge is -2.21. The van der Waals surface area contributed by atoms with Crippen molar-refractivity contribution in [3.63, 3.8) is 0 Å². The van der Waals surface area contributed by atoms with E-state index in [4.69, 9.17) is 0 Å². The first-order valence-electron chi connectivity index (χ1n) is 8.62. The molecule has 0 unspecified atom stereocenters. The minimum absolute atomic E-state index is 0.0968. The van der Waals surface area contributed by atoms with Crippen molar-refractivity contribution in [3.05, 3.63) is 40.0 Å². The van der Waals surface area contributed by atoms with Crippen LogP contribution in [0, 0.1) is 13.8 Å². The molecule has 0 aliphatic carbocycles. The number of guanidine groups is 1. The van der Waals surface area contributed by atoms with E-state index in [2.05, 4.69) is 31.0 Å². The number of aromatic nitrogens is 2. The lowest BCUT2D eigenvalue weighted by molar-refractivity contribution is -0.116.